The van der Waals surface area contributed by atoms with E-state index in [1.54, 1.807) is 0 Å². The second kappa shape index (κ2) is 6.93. The smallest absolute Gasteiger partial charge is 0.0493 e. The molecule has 1 aliphatic rings. The van der Waals surface area contributed by atoms with E-state index in [1.165, 1.54) is 36.8 Å². The summed E-state index contributed by atoms with van der Waals surface area (Å²) in [6.45, 7) is 9.35. The number of benzene rings is 1. The quantitative estimate of drug-likeness (QED) is 0.613. The van der Waals surface area contributed by atoms with E-state index in [9.17, 15) is 0 Å². The molecule has 0 spiro atoms. The van der Waals surface area contributed by atoms with Gasteiger partial charge in [0, 0.05) is 6.04 Å². The molecule has 1 aliphatic carbocycles. The van der Waals surface area contributed by atoms with Crippen molar-refractivity contribution in [1.29, 1.82) is 0 Å². The molecular formula is C19H32N2. The van der Waals surface area contributed by atoms with E-state index in [0.717, 1.165) is 6.42 Å². The molecule has 0 aliphatic heterocycles. The minimum absolute atomic E-state index is 0.271. The number of hydrogen-bond acceptors (Lipinski definition) is 2. The standard InChI is InChI=1S/C19H32N2/c1-14(2)12-15-8-7-9-16(13-15)18(21-20)17-10-5-6-11-19(17,3)4/h7-9,13-14,17-18,21H,5-6,10-12,20H2,1-4H3. The summed E-state index contributed by atoms with van der Waals surface area (Å²) in [4.78, 5) is 0. The Hall–Kier alpha value is -0.860. The first kappa shape index (κ1) is 16.5. The fourth-order valence-corrected chi connectivity index (χ4v) is 3.97. The summed E-state index contributed by atoms with van der Waals surface area (Å²) in [6, 6.07) is 9.29. The molecular weight excluding hydrogens is 256 g/mol. The van der Waals surface area contributed by atoms with Crippen LogP contribution in [-0.4, -0.2) is 0 Å². The SMILES string of the molecule is CC(C)Cc1cccc(C(NN)C2CCCCC2(C)C)c1. The molecule has 0 bridgehead atoms. The molecule has 1 fully saturated rings. The monoisotopic (exact) mass is 288 g/mol. The van der Waals surface area contributed by atoms with Crippen LogP contribution in [0.4, 0.5) is 0 Å². The average Bonchev–Trinajstić information content (AvgIpc) is 2.41. The summed E-state index contributed by atoms with van der Waals surface area (Å²) in [6.07, 6.45) is 6.41. The lowest BCUT2D eigenvalue weighted by molar-refractivity contribution is 0.0982. The predicted octanol–water partition coefficient (Wildman–Crippen LogP) is 4.61. The van der Waals surface area contributed by atoms with Gasteiger partial charge in [-0.15, -0.1) is 0 Å². The van der Waals surface area contributed by atoms with Crippen LogP contribution in [0.1, 0.15) is 70.5 Å². The molecule has 118 valence electrons. The summed E-state index contributed by atoms with van der Waals surface area (Å²) in [5.41, 5.74) is 6.27. The third-order valence-electron chi connectivity index (χ3n) is 5.13. The zero-order valence-corrected chi connectivity index (χ0v) is 14.2. The number of rotatable bonds is 5. The molecule has 0 aromatic heterocycles. The van der Waals surface area contributed by atoms with Crippen LogP contribution < -0.4 is 11.3 Å². The van der Waals surface area contributed by atoms with Gasteiger partial charge >= 0.3 is 0 Å². The molecule has 2 rings (SSSR count). The zero-order chi connectivity index (χ0) is 15.5. The summed E-state index contributed by atoms with van der Waals surface area (Å²) in [7, 11) is 0. The van der Waals surface area contributed by atoms with Crippen molar-refractivity contribution in [3.63, 3.8) is 0 Å². The van der Waals surface area contributed by atoms with Crippen molar-refractivity contribution in [3.05, 3.63) is 35.4 Å². The van der Waals surface area contributed by atoms with Gasteiger partial charge in [0.25, 0.3) is 0 Å². The second-order valence-electron chi connectivity index (χ2n) is 7.83. The Balaban J connectivity index is 2.24. The Morgan fingerprint density at radius 2 is 2.05 bits per heavy atom. The van der Waals surface area contributed by atoms with Crippen molar-refractivity contribution in [3.8, 4) is 0 Å². The molecule has 1 aromatic carbocycles. The zero-order valence-electron chi connectivity index (χ0n) is 14.2. The first-order valence-electron chi connectivity index (χ1n) is 8.49. The number of nitrogens with two attached hydrogens (primary N) is 1. The van der Waals surface area contributed by atoms with Crippen LogP contribution in [0.5, 0.6) is 0 Å². The topological polar surface area (TPSA) is 38.0 Å². The maximum Gasteiger partial charge on any atom is 0.0493 e. The van der Waals surface area contributed by atoms with Crippen molar-refractivity contribution in [2.75, 3.05) is 0 Å². The summed E-state index contributed by atoms with van der Waals surface area (Å²) in [5, 5.41) is 0. The van der Waals surface area contributed by atoms with Crippen LogP contribution in [0.25, 0.3) is 0 Å². The molecule has 2 heteroatoms. The molecule has 2 atom stereocenters. The molecule has 1 aromatic rings. The van der Waals surface area contributed by atoms with E-state index in [1.807, 2.05) is 0 Å². The van der Waals surface area contributed by atoms with Crippen LogP contribution in [0.15, 0.2) is 24.3 Å². The Labute approximate surface area is 130 Å². The highest BCUT2D eigenvalue weighted by molar-refractivity contribution is 5.27. The highest BCUT2D eigenvalue weighted by Crippen LogP contribution is 2.46. The van der Waals surface area contributed by atoms with E-state index >= 15 is 0 Å². The lowest BCUT2D eigenvalue weighted by Crippen LogP contribution is -2.41. The van der Waals surface area contributed by atoms with Gasteiger partial charge in [-0.2, -0.15) is 0 Å². The van der Waals surface area contributed by atoms with Gasteiger partial charge in [-0.05, 0) is 47.6 Å². The van der Waals surface area contributed by atoms with E-state index < -0.39 is 0 Å². The third-order valence-corrected chi connectivity index (χ3v) is 5.13. The largest absolute Gasteiger partial charge is 0.271 e. The van der Waals surface area contributed by atoms with Crippen LogP contribution in [0.2, 0.25) is 0 Å². The molecule has 0 saturated heterocycles. The maximum absolute atomic E-state index is 5.96. The van der Waals surface area contributed by atoms with Gasteiger partial charge in [0.05, 0.1) is 0 Å². The number of hydrogen-bond donors (Lipinski definition) is 2. The lowest BCUT2D eigenvalue weighted by atomic mass is 9.65. The molecule has 2 unspecified atom stereocenters. The normalized spacial score (nSPS) is 23.2. The van der Waals surface area contributed by atoms with Crippen LogP contribution >= 0.6 is 0 Å². The Kier molecular flexibility index (Phi) is 5.45. The van der Waals surface area contributed by atoms with Crippen molar-refractivity contribution in [2.45, 2.75) is 65.8 Å². The predicted molar refractivity (Wildman–Crippen MR) is 90.8 cm³/mol. The van der Waals surface area contributed by atoms with Crippen LogP contribution in [-0.2, 0) is 6.42 Å². The van der Waals surface area contributed by atoms with Crippen LogP contribution in [0.3, 0.4) is 0 Å². The number of hydrazine groups is 1. The molecule has 1 saturated carbocycles. The lowest BCUT2D eigenvalue weighted by Gasteiger charge is -2.43. The molecule has 0 radical (unpaired) electrons. The van der Waals surface area contributed by atoms with Gasteiger partial charge in [-0.1, -0.05) is 64.8 Å². The van der Waals surface area contributed by atoms with Crippen LogP contribution in [0, 0.1) is 17.3 Å². The number of nitrogens with one attached hydrogen (secondary N) is 1. The molecule has 2 nitrogen and oxygen atoms in total. The minimum atomic E-state index is 0.271. The third kappa shape index (κ3) is 4.08. The van der Waals surface area contributed by atoms with Gasteiger partial charge in [-0.3, -0.25) is 11.3 Å². The Morgan fingerprint density at radius 3 is 2.67 bits per heavy atom. The first-order chi connectivity index (χ1) is 9.94. The molecule has 0 amide bonds. The van der Waals surface area contributed by atoms with Crippen molar-refractivity contribution < 1.29 is 0 Å². The molecule has 0 heterocycles. The van der Waals surface area contributed by atoms with Crippen molar-refractivity contribution in [1.82, 2.24) is 5.43 Å². The summed E-state index contributed by atoms with van der Waals surface area (Å²) >= 11 is 0. The fraction of sp³-hybridized carbons (Fsp3) is 0.684. The highest BCUT2D eigenvalue weighted by atomic mass is 15.2. The minimum Gasteiger partial charge on any atom is -0.271 e. The first-order valence-corrected chi connectivity index (χ1v) is 8.49. The molecule has 3 N–H and O–H groups in total. The van der Waals surface area contributed by atoms with E-state index in [4.69, 9.17) is 5.84 Å². The van der Waals surface area contributed by atoms with Gasteiger partial charge < -0.3 is 0 Å². The Morgan fingerprint density at radius 1 is 1.29 bits per heavy atom. The average molecular weight is 288 g/mol. The van der Waals surface area contributed by atoms with Gasteiger partial charge in [0.2, 0.25) is 0 Å². The van der Waals surface area contributed by atoms with Gasteiger partial charge in [0.15, 0.2) is 0 Å². The highest BCUT2D eigenvalue weighted by Gasteiger charge is 2.37. The molecule has 21 heavy (non-hydrogen) atoms. The van der Waals surface area contributed by atoms with Gasteiger partial charge in [0.1, 0.15) is 0 Å². The maximum atomic E-state index is 5.96. The fourth-order valence-electron chi connectivity index (χ4n) is 3.97. The summed E-state index contributed by atoms with van der Waals surface area (Å²) < 4.78 is 0. The van der Waals surface area contributed by atoms with Crippen molar-refractivity contribution >= 4 is 0 Å². The van der Waals surface area contributed by atoms with Gasteiger partial charge in [-0.25, -0.2) is 0 Å². The van der Waals surface area contributed by atoms with E-state index in [0.29, 0.717) is 17.3 Å². The van der Waals surface area contributed by atoms with Crippen molar-refractivity contribution in [2.24, 2.45) is 23.1 Å². The Bertz CT molecular complexity index is 451. The summed E-state index contributed by atoms with van der Waals surface area (Å²) in [5.74, 6) is 7.26. The van der Waals surface area contributed by atoms with E-state index in [-0.39, 0.29) is 6.04 Å². The van der Waals surface area contributed by atoms with E-state index in [2.05, 4.69) is 57.4 Å². The second-order valence-corrected chi connectivity index (χ2v) is 7.83.